The lowest BCUT2D eigenvalue weighted by molar-refractivity contribution is -0.116. The maximum Gasteiger partial charge on any atom is 0.134 e. The van der Waals surface area contributed by atoms with Gasteiger partial charge in [-0.15, -0.1) is 0 Å². The molecule has 0 unspecified atom stereocenters. The van der Waals surface area contributed by atoms with Gasteiger partial charge in [-0.2, -0.15) is 3.89 Å². The molecule has 0 spiro atoms. The molecule has 0 aliphatic carbocycles. The van der Waals surface area contributed by atoms with E-state index in [1.165, 1.54) is 6.92 Å². The van der Waals surface area contributed by atoms with E-state index in [9.17, 15) is 8.68 Å². The summed E-state index contributed by atoms with van der Waals surface area (Å²) < 4.78 is 12.0. The molecule has 0 saturated heterocycles. The second-order valence-corrected chi connectivity index (χ2v) is 3.23. The highest BCUT2D eigenvalue weighted by molar-refractivity contribution is 7.94. The summed E-state index contributed by atoms with van der Waals surface area (Å²) in [5, 5.41) is 0. The Labute approximate surface area is 75.3 Å². The number of hydrogen-bond acceptors (Lipinski definition) is 2. The normalized spacial score (nSPS) is 9.83. The van der Waals surface area contributed by atoms with Crippen LogP contribution in [0.3, 0.4) is 0 Å². The molecule has 0 aliphatic heterocycles. The Morgan fingerprint density at radius 1 is 1.42 bits per heavy atom. The zero-order valence-corrected chi connectivity index (χ0v) is 7.53. The zero-order valence-electron chi connectivity index (χ0n) is 6.71. The van der Waals surface area contributed by atoms with Crippen molar-refractivity contribution in [2.24, 2.45) is 0 Å². The number of benzene rings is 1. The number of ketones is 1. The van der Waals surface area contributed by atoms with E-state index < -0.39 is 0 Å². The molecule has 1 nitrogen and oxygen atoms in total. The lowest BCUT2D eigenvalue weighted by Gasteiger charge is -1.97. The van der Waals surface area contributed by atoms with Crippen molar-refractivity contribution in [3.8, 4) is 0 Å². The Morgan fingerprint density at radius 2 is 2.00 bits per heavy atom. The van der Waals surface area contributed by atoms with Gasteiger partial charge >= 0.3 is 0 Å². The molecular weight excluding hydrogens is 175 g/mol. The van der Waals surface area contributed by atoms with Crippen LogP contribution in [0.25, 0.3) is 0 Å². The topological polar surface area (TPSA) is 17.1 Å². The third-order valence-corrected chi connectivity index (χ3v) is 1.92. The quantitative estimate of drug-likeness (QED) is 0.718. The van der Waals surface area contributed by atoms with E-state index in [4.69, 9.17) is 0 Å². The first-order valence-corrected chi connectivity index (χ1v) is 4.31. The van der Waals surface area contributed by atoms with Crippen LogP contribution in [0.15, 0.2) is 29.2 Å². The van der Waals surface area contributed by atoms with E-state index in [1.54, 1.807) is 24.3 Å². The lowest BCUT2D eigenvalue weighted by atomic mass is 10.1. The van der Waals surface area contributed by atoms with Gasteiger partial charge in [-0.1, -0.05) is 12.1 Å². The molecular formula is C9H9FOS. The van der Waals surface area contributed by atoms with Crippen molar-refractivity contribution < 1.29 is 8.68 Å². The van der Waals surface area contributed by atoms with Gasteiger partial charge < -0.3 is 0 Å². The van der Waals surface area contributed by atoms with Gasteiger partial charge in [0.15, 0.2) is 0 Å². The first kappa shape index (κ1) is 9.26. The highest BCUT2D eigenvalue weighted by Crippen LogP contribution is 2.18. The van der Waals surface area contributed by atoms with Crippen LogP contribution in [0.4, 0.5) is 3.89 Å². The van der Waals surface area contributed by atoms with Crippen molar-refractivity contribution in [1.29, 1.82) is 0 Å². The number of rotatable bonds is 3. The van der Waals surface area contributed by atoms with Crippen LogP contribution in [-0.2, 0) is 11.2 Å². The highest BCUT2D eigenvalue weighted by atomic mass is 32.2. The predicted molar refractivity (Wildman–Crippen MR) is 47.8 cm³/mol. The molecule has 1 aromatic rings. The molecule has 0 heterocycles. The minimum Gasteiger partial charge on any atom is -0.300 e. The fraction of sp³-hybridized carbons (Fsp3) is 0.222. The van der Waals surface area contributed by atoms with Gasteiger partial charge in [-0.3, -0.25) is 4.79 Å². The van der Waals surface area contributed by atoms with Crippen molar-refractivity contribution in [3.05, 3.63) is 29.8 Å². The summed E-state index contributed by atoms with van der Waals surface area (Å²) in [6.45, 7) is 1.54. The summed E-state index contributed by atoms with van der Waals surface area (Å²) in [6.07, 6.45) is 0.428. The molecule has 64 valence electrons. The van der Waals surface area contributed by atoms with Crippen LogP contribution in [0.5, 0.6) is 0 Å². The summed E-state index contributed by atoms with van der Waals surface area (Å²) in [6, 6.07) is 6.87. The third-order valence-electron chi connectivity index (χ3n) is 1.47. The van der Waals surface area contributed by atoms with Crippen molar-refractivity contribution >= 4 is 17.9 Å². The smallest absolute Gasteiger partial charge is 0.134 e. The van der Waals surface area contributed by atoms with Gasteiger partial charge in [0, 0.05) is 11.3 Å². The Kier molecular flexibility index (Phi) is 3.29. The average Bonchev–Trinajstić information content (AvgIpc) is 2.05. The molecule has 0 amide bonds. The summed E-state index contributed by atoms with van der Waals surface area (Å²) in [5.41, 5.74) is 0.931. The molecule has 0 fully saturated rings. The Hall–Kier alpha value is -0.830. The lowest BCUT2D eigenvalue weighted by Crippen LogP contribution is -1.95. The molecule has 3 heteroatoms. The minimum atomic E-state index is 0.121. The third kappa shape index (κ3) is 2.66. The van der Waals surface area contributed by atoms with Gasteiger partial charge in [0.25, 0.3) is 0 Å². The standard InChI is InChI=1S/C9H9FOS/c1-7(11)6-8-2-4-9(12-10)5-3-8/h2-5H,6H2,1H3. The maximum absolute atomic E-state index is 12.0. The Morgan fingerprint density at radius 3 is 2.42 bits per heavy atom. The largest absolute Gasteiger partial charge is 0.300 e. The van der Waals surface area contributed by atoms with E-state index in [-0.39, 0.29) is 17.9 Å². The van der Waals surface area contributed by atoms with E-state index in [0.717, 1.165) is 5.56 Å². The number of halogens is 1. The molecule has 12 heavy (non-hydrogen) atoms. The van der Waals surface area contributed by atoms with E-state index in [1.807, 2.05) is 0 Å². The molecule has 0 aliphatic rings. The second-order valence-electron chi connectivity index (χ2n) is 2.60. The fourth-order valence-electron chi connectivity index (χ4n) is 0.946. The van der Waals surface area contributed by atoms with E-state index in [0.29, 0.717) is 11.3 Å². The van der Waals surface area contributed by atoms with Gasteiger partial charge in [-0.05, 0) is 24.6 Å². The Balaban J connectivity index is 2.71. The summed E-state index contributed by atoms with van der Waals surface area (Å²) in [5.74, 6) is 0.121. The minimum absolute atomic E-state index is 0.121. The number of carbonyl (C=O) groups excluding carboxylic acids is 1. The predicted octanol–water partition coefficient (Wildman–Crippen LogP) is 2.79. The molecule has 0 atom stereocenters. The van der Waals surface area contributed by atoms with Crippen LogP contribution in [0, 0.1) is 0 Å². The van der Waals surface area contributed by atoms with Crippen molar-refractivity contribution in [2.45, 2.75) is 18.2 Å². The van der Waals surface area contributed by atoms with Crippen molar-refractivity contribution in [3.63, 3.8) is 0 Å². The molecule has 0 radical (unpaired) electrons. The SMILES string of the molecule is CC(=O)Cc1ccc(SF)cc1. The van der Waals surface area contributed by atoms with Crippen LogP contribution < -0.4 is 0 Å². The molecule has 0 N–H and O–H groups in total. The van der Waals surface area contributed by atoms with E-state index >= 15 is 0 Å². The summed E-state index contributed by atoms with van der Waals surface area (Å²) in [4.78, 5) is 11.3. The van der Waals surface area contributed by atoms with Gasteiger partial charge in [0.2, 0.25) is 0 Å². The highest BCUT2D eigenvalue weighted by Gasteiger charge is 1.97. The van der Waals surface area contributed by atoms with Gasteiger partial charge in [0.05, 0.1) is 12.1 Å². The monoisotopic (exact) mass is 184 g/mol. The number of carbonyl (C=O) groups is 1. The number of hydrogen-bond donors (Lipinski definition) is 0. The van der Waals surface area contributed by atoms with Crippen LogP contribution in [0.1, 0.15) is 12.5 Å². The number of Topliss-reactive ketones (excluding diaryl/α,β-unsaturated/α-hetero) is 1. The van der Waals surface area contributed by atoms with E-state index in [2.05, 4.69) is 0 Å². The maximum atomic E-state index is 12.0. The molecule has 1 aromatic carbocycles. The zero-order chi connectivity index (χ0) is 8.97. The average molecular weight is 184 g/mol. The van der Waals surface area contributed by atoms with Crippen LogP contribution >= 0.6 is 12.1 Å². The summed E-state index contributed by atoms with van der Waals surface area (Å²) >= 11 is 0.211. The van der Waals surface area contributed by atoms with Gasteiger partial charge in [0.1, 0.15) is 5.78 Å². The van der Waals surface area contributed by atoms with Crippen molar-refractivity contribution in [2.75, 3.05) is 0 Å². The first-order chi connectivity index (χ1) is 5.72. The molecule has 0 saturated carbocycles. The van der Waals surface area contributed by atoms with Crippen LogP contribution in [0.2, 0.25) is 0 Å². The molecule has 0 aromatic heterocycles. The summed E-state index contributed by atoms with van der Waals surface area (Å²) in [7, 11) is 0. The fourth-order valence-corrected chi connectivity index (χ4v) is 1.19. The molecule has 1 rings (SSSR count). The van der Waals surface area contributed by atoms with Crippen molar-refractivity contribution in [1.82, 2.24) is 0 Å². The van der Waals surface area contributed by atoms with Crippen LogP contribution in [-0.4, -0.2) is 5.78 Å². The Bertz CT molecular complexity index is 268. The van der Waals surface area contributed by atoms with Gasteiger partial charge in [-0.25, -0.2) is 0 Å². The molecule has 0 bridgehead atoms. The second kappa shape index (κ2) is 4.26. The first-order valence-electron chi connectivity index (χ1n) is 3.59.